The van der Waals surface area contributed by atoms with E-state index in [-0.39, 0.29) is 6.10 Å². The molecular formula is C13H15ClN4O. The first-order valence-corrected chi connectivity index (χ1v) is 6.24. The number of rotatable bonds is 4. The summed E-state index contributed by atoms with van der Waals surface area (Å²) in [6.07, 6.45) is 1.67. The minimum Gasteiger partial charge on any atom is -0.475 e. The fourth-order valence-electron chi connectivity index (χ4n) is 1.47. The second kappa shape index (κ2) is 5.75. The molecule has 1 aromatic heterocycles. The van der Waals surface area contributed by atoms with E-state index >= 15 is 0 Å². The number of benzene rings is 1. The van der Waals surface area contributed by atoms with E-state index in [1.165, 1.54) is 0 Å². The van der Waals surface area contributed by atoms with Crippen molar-refractivity contribution in [1.82, 2.24) is 9.97 Å². The number of nitrogens with two attached hydrogens (primary N) is 1. The van der Waals surface area contributed by atoms with E-state index in [1.54, 1.807) is 30.5 Å². The summed E-state index contributed by atoms with van der Waals surface area (Å²) in [6.45, 7) is 3.87. The number of aromatic nitrogens is 2. The Hall–Kier alpha value is -2.01. The number of hydrogen-bond acceptors (Lipinski definition) is 5. The van der Waals surface area contributed by atoms with Gasteiger partial charge >= 0.3 is 0 Å². The second-order valence-electron chi connectivity index (χ2n) is 4.25. The molecule has 0 amide bonds. The van der Waals surface area contributed by atoms with Crippen molar-refractivity contribution in [2.45, 2.75) is 20.0 Å². The maximum Gasteiger partial charge on any atom is 0.230 e. The van der Waals surface area contributed by atoms with Gasteiger partial charge in [0.15, 0.2) is 0 Å². The van der Waals surface area contributed by atoms with Crippen LogP contribution in [0.15, 0.2) is 30.5 Å². The molecule has 0 fully saturated rings. The molecule has 0 radical (unpaired) electrons. The molecule has 2 aromatic rings. The van der Waals surface area contributed by atoms with Gasteiger partial charge in [0, 0.05) is 18.0 Å². The Kier molecular flexibility index (Phi) is 4.06. The molecule has 2 rings (SSSR count). The largest absolute Gasteiger partial charge is 0.475 e. The van der Waals surface area contributed by atoms with Gasteiger partial charge in [-0.15, -0.1) is 0 Å². The van der Waals surface area contributed by atoms with Crippen molar-refractivity contribution >= 4 is 28.9 Å². The van der Waals surface area contributed by atoms with Crippen LogP contribution in [0.5, 0.6) is 5.88 Å². The fraction of sp³-hybridized carbons (Fsp3) is 0.231. The summed E-state index contributed by atoms with van der Waals surface area (Å²) in [5.41, 5.74) is 6.98. The van der Waals surface area contributed by atoms with Crippen molar-refractivity contribution < 1.29 is 4.74 Å². The molecule has 1 aromatic carbocycles. The normalized spacial score (nSPS) is 10.5. The number of nitrogen functional groups attached to an aromatic ring is 1. The van der Waals surface area contributed by atoms with Crippen LogP contribution in [0.25, 0.3) is 0 Å². The number of anilines is 3. The van der Waals surface area contributed by atoms with E-state index < -0.39 is 0 Å². The zero-order valence-electron chi connectivity index (χ0n) is 10.7. The number of hydrogen-bond donors (Lipinski definition) is 2. The predicted molar refractivity (Wildman–Crippen MR) is 76.9 cm³/mol. The molecule has 0 saturated heterocycles. The first-order valence-electron chi connectivity index (χ1n) is 5.86. The Balaban J connectivity index is 2.21. The molecule has 0 aliphatic heterocycles. The molecule has 100 valence electrons. The third kappa shape index (κ3) is 3.72. The summed E-state index contributed by atoms with van der Waals surface area (Å²) in [7, 11) is 0. The lowest BCUT2D eigenvalue weighted by molar-refractivity contribution is 0.232. The van der Waals surface area contributed by atoms with E-state index in [2.05, 4.69) is 15.3 Å². The summed E-state index contributed by atoms with van der Waals surface area (Å²) in [5.74, 6) is 0.915. The lowest BCUT2D eigenvalue weighted by Crippen LogP contribution is -2.08. The Morgan fingerprint density at radius 2 is 2.11 bits per heavy atom. The van der Waals surface area contributed by atoms with Gasteiger partial charge in [0.05, 0.1) is 16.8 Å². The van der Waals surface area contributed by atoms with Crippen molar-refractivity contribution in [2.24, 2.45) is 0 Å². The van der Waals surface area contributed by atoms with Crippen LogP contribution >= 0.6 is 11.6 Å². The lowest BCUT2D eigenvalue weighted by atomic mass is 10.3. The third-order valence-corrected chi connectivity index (χ3v) is 2.55. The van der Waals surface area contributed by atoms with Gasteiger partial charge < -0.3 is 15.8 Å². The van der Waals surface area contributed by atoms with Crippen LogP contribution < -0.4 is 15.8 Å². The van der Waals surface area contributed by atoms with Crippen LogP contribution in [0.3, 0.4) is 0 Å². The zero-order valence-corrected chi connectivity index (χ0v) is 11.5. The topological polar surface area (TPSA) is 73.1 Å². The smallest absolute Gasteiger partial charge is 0.230 e. The fourth-order valence-corrected chi connectivity index (χ4v) is 1.63. The Morgan fingerprint density at radius 3 is 2.84 bits per heavy atom. The molecular weight excluding hydrogens is 264 g/mol. The molecule has 0 unspecified atom stereocenters. The molecule has 0 aliphatic carbocycles. The predicted octanol–water partition coefficient (Wildman–Crippen LogP) is 3.24. The maximum absolute atomic E-state index is 6.07. The average molecular weight is 279 g/mol. The number of ether oxygens (including phenoxy) is 1. The monoisotopic (exact) mass is 278 g/mol. The maximum atomic E-state index is 6.07. The summed E-state index contributed by atoms with van der Waals surface area (Å²) < 4.78 is 5.50. The van der Waals surface area contributed by atoms with Crippen molar-refractivity contribution in [3.63, 3.8) is 0 Å². The summed E-state index contributed by atoms with van der Waals surface area (Å²) in [6, 6.07) is 6.87. The van der Waals surface area contributed by atoms with Crippen molar-refractivity contribution in [1.29, 1.82) is 0 Å². The molecule has 0 saturated carbocycles. The first-order chi connectivity index (χ1) is 9.04. The number of nitrogens with zero attached hydrogens (tertiary/aromatic N) is 2. The Labute approximate surface area is 116 Å². The summed E-state index contributed by atoms with van der Waals surface area (Å²) in [5, 5.41) is 3.56. The lowest BCUT2D eigenvalue weighted by Gasteiger charge is -2.11. The molecule has 5 nitrogen and oxygen atoms in total. The molecule has 0 atom stereocenters. The Bertz CT molecular complexity index is 574. The van der Waals surface area contributed by atoms with Gasteiger partial charge in [0.25, 0.3) is 0 Å². The van der Waals surface area contributed by atoms with Crippen LogP contribution in [-0.4, -0.2) is 16.1 Å². The molecule has 6 heteroatoms. The third-order valence-electron chi connectivity index (χ3n) is 2.22. The molecule has 0 spiro atoms. The molecule has 0 bridgehead atoms. The highest BCUT2D eigenvalue weighted by Crippen LogP contribution is 2.26. The van der Waals surface area contributed by atoms with Crippen molar-refractivity contribution in [3.8, 4) is 5.88 Å². The minimum absolute atomic E-state index is 0.0544. The van der Waals surface area contributed by atoms with Gasteiger partial charge in [-0.3, -0.25) is 0 Å². The first kappa shape index (κ1) is 13.4. The summed E-state index contributed by atoms with van der Waals surface area (Å²) >= 11 is 6.07. The standard InChI is InChI=1S/C13H15ClN4O/c1-8(2)19-12-5-6-16-13(18-12)17-11-7-9(15)3-4-10(11)14/h3-8H,15H2,1-2H3,(H,16,17,18). The van der Waals surface area contributed by atoms with Crippen LogP contribution in [-0.2, 0) is 0 Å². The minimum atomic E-state index is 0.0544. The van der Waals surface area contributed by atoms with Crippen molar-refractivity contribution in [2.75, 3.05) is 11.1 Å². The van der Waals surface area contributed by atoms with Crippen LogP contribution in [0, 0.1) is 0 Å². The highest BCUT2D eigenvalue weighted by molar-refractivity contribution is 6.33. The van der Waals surface area contributed by atoms with Gasteiger partial charge in [-0.05, 0) is 32.0 Å². The van der Waals surface area contributed by atoms with E-state index in [0.717, 1.165) is 0 Å². The molecule has 3 N–H and O–H groups in total. The number of nitrogens with one attached hydrogen (secondary N) is 1. The Morgan fingerprint density at radius 1 is 1.32 bits per heavy atom. The molecule has 1 heterocycles. The van der Waals surface area contributed by atoms with E-state index in [9.17, 15) is 0 Å². The highest BCUT2D eigenvalue weighted by Gasteiger charge is 2.05. The van der Waals surface area contributed by atoms with Crippen molar-refractivity contribution in [3.05, 3.63) is 35.5 Å². The number of halogens is 1. The van der Waals surface area contributed by atoms with E-state index in [4.69, 9.17) is 22.1 Å². The molecule has 19 heavy (non-hydrogen) atoms. The average Bonchev–Trinajstić information content (AvgIpc) is 2.33. The van der Waals surface area contributed by atoms with Gasteiger partial charge in [-0.1, -0.05) is 11.6 Å². The SMILES string of the molecule is CC(C)Oc1ccnc(Nc2cc(N)ccc2Cl)n1. The van der Waals surface area contributed by atoms with Crippen LogP contribution in [0.1, 0.15) is 13.8 Å². The van der Waals surface area contributed by atoms with Crippen LogP contribution in [0.2, 0.25) is 5.02 Å². The van der Waals surface area contributed by atoms with Gasteiger partial charge in [0.1, 0.15) is 0 Å². The van der Waals surface area contributed by atoms with Gasteiger partial charge in [-0.2, -0.15) is 4.98 Å². The van der Waals surface area contributed by atoms with E-state index in [1.807, 2.05) is 13.8 Å². The quantitative estimate of drug-likeness (QED) is 0.840. The van der Waals surface area contributed by atoms with Crippen LogP contribution in [0.4, 0.5) is 17.3 Å². The van der Waals surface area contributed by atoms with E-state index in [0.29, 0.717) is 28.2 Å². The second-order valence-corrected chi connectivity index (χ2v) is 4.66. The molecule has 0 aliphatic rings. The highest BCUT2D eigenvalue weighted by atomic mass is 35.5. The van der Waals surface area contributed by atoms with Gasteiger partial charge in [0.2, 0.25) is 11.8 Å². The van der Waals surface area contributed by atoms with Gasteiger partial charge in [-0.25, -0.2) is 4.98 Å². The summed E-state index contributed by atoms with van der Waals surface area (Å²) in [4.78, 5) is 8.35. The zero-order chi connectivity index (χ0) is 13.8.